The standard InChI is InChI=1S/C18H19N7O3/c1-22-17(27)25-10-18(28-8-15(25)21-22)5-6-23(9-18)16(26)13-3-2-4-14(7-13)24-11-19-20-12-24/h2-4,7,11-12H,5-6,8-10H2,1H3. The van der Waals surface area contributed by atoms with Crippen molar-refractivity contribution >= 4 is 5.91 Å². The average Bonchev–Trinajstić information content (AvgIpc) is 3.44. The fourth-order valence-corrected chi connectivity index (χ4v) is 3.95. The van der Waals surface area contributed by atoms with E-state index in [9.17, 15) is 9.59 Å². The lowest BCUT2D eigenvalue weighted by atomic mass is 10.0. The lowest BCUT2D eigenvalue weighted by Crippen LogP contribution is -2.47. The Bertz CT molecular complexity index is 1100. The van der Waals surface area contributed by atoms with Crippen LogP contribution in [0.2, 0.25) is 0 Å². The predicted molar refractivity (Wildman–Crippen MR) is 96.9 cm³/mol. The van der Waals surface area contributed by atoms with Crippen LogP contribution >= 0.6 is 0 Å². The Balaban J connectivity index is 1.37. The van der Waals surface area contributed by atoms with Gasteiger partial charge < -0.3 is 9.64 Å². The van der Waals surface area contributed by atoms with Gasteiger partial charge in [0.2, 0.25) is 0 Å². The van der Waals surface area contributed by atoms with Crippen molar-refractivity contribution in [1.29, 1.82) is 0 Å². The molecule has 0 N–H and O–H groups in total. The molecule has 0 bridgehead atoms. The average molecular weight is 381 g/mol. The molecule has 1 amide bonds. The predicted octanol–water partition coefficient (Wildman–Crippen LogP) is -0.0224. The highest BCUT2D eigenvalue weighted by atomic mass is 16.5. The van der Waals surface area contributed by atoms with Crippen LogP contribution in [-0.4, -0.2) is 58.6 Å². The molecule has 10 heteroatoms. The number of hydrogen-bond acceptors (Lipinski definition) is 6. The summed E-state index contributed by atoms with van der Waals surface area (Å²) >= 11 is 0. The molecule has 1 aromatic carbocycles. The van der Waals surface area contributed by atoms with Crippen LogP contribution < -0.4 is 5.69 Å². The zero-order valence-electron chi connectivity index (χ0n) is 15.4. The second-order valence-electron chi connectivity index (χ2n) is 7.28. The van der Waals surface area contributed by atoms with E-state index in [4.69, 9.17) is 4.74 Å². The molecule has 0 saturated carbocycles. The van der Waals surface area contributed by atoms with E-state index in [1.165, 1.54) is 4.68 Å². The van der Waals surface area contributed by atoms with Crippen LogP contribution in [0.15, 0.2) is 41.7 Å². The van der Waals surface area contributed by atoms with Gasteiger partial charge in [-0.2, -0.15) is 5.10 Å². The Kier molecular flexibility index (Phi) is 3.69. The molecule has 4 heterocycles. The molecule has 10 nitrogen and oxygen atoms in total. The molecule has 28 heavy (non-hydrogen) atoms. The highest BCUT2D eigenvalue weighted by molar-refractivity contribution is 5.95. The Morgan fingerprint density at radius 3 is 2.86 bits per heavy atom. The summed E-state index contributed by atoms with van der Waals surface area (Å²) in [7, 11) is 1.63. The Morgan fingerprint density at radius 2 is 2.04 bits per heavy atom. The summed E-state index contributed by atoms with van der Waals surface area (Å²) in [6.45, 7) is 1.73. The van der Waals surface area contributed by atoms with Crippen LogP contribution in [0, 0.1) is 0 Å². The Labute approximate surface area is 160 Å². The second kappa shape index (κ2) is 6.13. The van der Waals surface area contributed by atoms with Gasteiger partial charge >= 0.3 is 5.69 Å². The molecule has 1 saturated heterocycles. The first kappa shape index (κ1) is 16.9. The number of ether oxygens (including phenoxy) is 1. The normalized spacial score (nSPS) is 21.2. The maximum atomic E-state index is 13.1. The molecule has 2 aliphatic heterocycles. The minimum atomic E-state index is -0.540. The minimum Gasteiger partial charge on any atom is -0.363 e. The summed E-state index contributed by atoms with van der Waals surface area (Å²) < 4.78 is 10.8. The van der Waals surface area contributed by atoms with Crippen LogP contribution in [0.3, 0.4) is 0 Å². The van der Waals surface area contributed by atoms with Crippen molar-refractivity contribution in [2.45, 2.75) is 25.2 Å². The van der Waals surface area contributed by atoms with Gasteiger partial charge in [-0.15, -0.1) is 10.2 Å². The lowest BCUT2D eigenvalue weighted by Gasteiger charge is -2.33. The molecular formula is C18H19N7O3. The number of benzene rings is 1. The summed E-state index contributed by atoms with van der Waals surface area (Å²) in [4.78, 5) is 27.1. The van der Waals surface area contributed by atoms with E-state index in [0.29, 0.717) is 37.4 Å². The first-order chi connectivity index (χ1) is 13.5. The largest absolute Gasteiger partial charge is 0.363 e. The third-order valence-electron chi connectivity index (χ3n) is 5.45. The third kappa shape index (κ3) is 2.64. The molecule has 3 aromatic rings. The SMILES string of the molecule is Cn1nc2n(c1=O)CC1(CCN(C(=O)c3cccc(-n4cnnc4)c3)C1)OC2. The van der Waals surface area contributed by atoms with E-state index in [1.54, 1.807) is 39.8 Å². The van der Waals surface area contributed by atoms with Crippen LogP contribution in [0.1, 0.15) is 22.6 Å². The smallest absolute Gasteiger partial charge is 0.345 e. The number of amides is 1. The van der Waals surface area contributed by atoms with Crippen molar-refractivity contribution in [3.63, 3.8) is 0 Å². The number of aromatic nitrogens is 6. The zero-order chi connectivity index (χ0) is 19.3. The monoisotopic (exact) mass is 381 g/mol. The first-order valence-electron chi connectivity index (χ1n) is 9.06. The fourth-order valence-electron chi connectivity index (χ4n) is 3.95. The van der Waals surface area contributed by atoms with Crippen LogP contribution in [0.25, 0.3) is 5.69 Å². The summed E-state index contributed by atoms with van der Waals surface area (Å²) in [6, 6.07) is 7.36. The quantitative estimate of drug-likeness (QED) is 0.618. The van der Waals surface area contributed by atoms with Crippen molar-refractivity contribution in [2.75, 3.05) is 13.1 Å². The van der Waals surface area contributed by atoms with Gasteiger partial charge in [-0.3, -0.25) is 13.9 Å². The number of likely N-dealkylation sites (tertiary alicyclic amines) is 1. The van der Waals surface area contributed by atoms with E-state index >= 15 is 0 Å². The molecule has 144 valence electrons. The van der Waals surface area contributed by atoms with Gasteiger partial charge in [0, 0.05) is 24.8 Å². The van der Waals surface area contributed by atoms with E-state index in [-0.39, 0.29) is 18.2 Å². The fraction of sp³-hybridized carbons (Fsp3) is 0.389. The molecule has 5 rings (SSSR count). The van der Waals surface area contributed by atoms with Crippen LogP contribution in [-0.2, 0) is 24.9 Å². The Hall–Kier alpha value is -3.27. The number of aryl methyl sites for hydroxylation is 1. The van der Waals surface area contributed by atoms with Crippen molar-refractivity contribution in [3.8, 4) is 5.69 Å². The number of hydrogen-bond donors (Lipinski definition) is 0. The van der Waals surface area contributed by atoms with Gasteiger partial charge in [0.1, 0.15) is 24.9 Å². The number of carbonyl (C=O) groups is 1. The van der Waals surface area contributed by atoms with Crippen molar-refractivity contribution < 1.29 is 9.53 Å². The van der Waals surface area contributed by atoms with E-state index in [1.807, 2.05) is 18.2 Å². The maximum absolute atomic E-state index is 13.1. The van der Waals surface area contributed by atoms with E-state index in [0.717, 1.165) is 5.69 Å². The van der Waals surface area contributed by atoms with Gasteiger partial charge in [0.15, 0.2) is 5.82 Å². The van der Waals surface area contributed by atoms with Crippen molar-refractivity contribution in [2.24, 2.45) is 7.05 Å². The number of fused-ring (bicyclic) bond motifs is 1. The van der Waals surface area contributed by atoms with E-state index in [2.05, 4.69) is 15.3 Å². The van der Waals surface area contributed by atoms with Crippen LogP contribution in [0.4, 0.5) is 0 Å². The van der Waals surface area contributed by atoms with Gasteiger partial charge in [-0.1, -0.05) is 6.07 Å². The number of carbonyl (C=O) groups excluding carboxylic acids is 1. The molecule has 1 fully saturated rings. The first-order valence-corrected chi connectivity index (χ1v) is 9.06. The van der Waals surface area contributed by atoms with Gasteiger partial charge in [0.05, 0.1) is 13.1 Å². The van der Waals surface area contributed by atoms with Crippen molar-refractivity contribution in [1.82, 2.24) is 34.0 Å². The molecule has 1 atom stereocenters. The third-order valence-corrected chi connectivity index (χ3v) is 5.45. The molecule has 2 aromatic heterocycles. The summed E-state index contributed by atoms with van der Waals surface area (Å²) in [5.41, 5.74) is 0.731. The highest BCUT2D eigenvalue weighted by Gasteiger charge is 2.45. The summed E-state index contributed by atoms with van der Waals surface area (Å²) in [5.74, 6) is 0.573. The molecular weight excluding hydrogens is 362 g/mol. The van der Waals surface area contributed by atoms with Gasteiger partial charge in [-0.25, -0.2) is 9.48 Å². The van der Waals surface area contributed by atoms with Crippen molar-refractivity contribution in [3.05, 3.63) is 58.8 Å². The second-order valence-corrected chi connectivity index (χ2v) is 7.28. The maximum Gasteiger partial charge on any atom is 0.345 e. The van der Waals surface area contributed by atoms with E-state index < -0.39 is 5.60 Å². The molecule has 1 unspecified atom stereocenters. The zero-order valence-corrected chi connectivity index (χ0v) is 15.4. The lowest BCUT2D eigenvalue weighted by molar-refractivity contribution is -0.0816. The van der Waals surface area contributed by atoms with Gasteiger partial charge in [0.25, 0.3) is 5.91 Å². The minimum absolute atomic E-state index is 0.0558. The summed E-state index contributed by atoms with van der Waals surface area (Å²) in [5, 5.41) is 11.8. The van der Waals surface area contributed by atoms with Crippen LogP contribution in [0.5, 0.6) is 0 Å². The Morgan fingerprint density at radius 1 is 1.21 bits per heavy atom. The highest BCUT2D eigenvalue weighted by Crippen LogP contribution is 2.32. The molecule has 0 radical (unpaired) electrons. The molecule has 2 aliphatic rings. The molecule has 0 aliphatic carbocycles. The summed E-state index contributed by atoms with van der Waals surface area (Å²) in [6.07, 6.45) is 3.87. The number of nitrogens with zero attached hydrogens (tertiary/aromatic N) is 7. The number of rotatable bonds is 2. The van der Waals surface area contributed by atoms with Gasteiger partial charge in [-0.05, 0) is 24.6 Å². The topological polar surface area (TPSA) is 100 Å². The molecule has 1 spiro atoms.